The topological polar surface area (TPSA) is 33.2 Å². The maximum atomic E-state index is 12.9. The number of pyridine rings is 1. The fourth-order valence-electron chi connectivity index (χ4n) is 3.25. The highest BCUT2D eigenvalue weighted by Crippen LogP contribution is 2.32. The Kier molecular flexibility index (Phi) is 5.06. The molecule has 1 saturated heterocycles. The molecule has 1 aliphatic rings. The monoisotopic (exact) mass is 348 g/mol. The van der Waals surface area contributed by atoms with Crippen LogP contribution in [-0.2, 0) is 6.18 Å². The fraction of sp³-hybridized carbons (Fsp3) is 0.368. The van der Waals surface area contributed by atoms with Gasteiger partial charge >= 0.3 is 6.18 Å². The smallest absolute Gasteiger partial charge is 0.332 e. The number of benzene rings is 1. The molecule has 0 saturated carbocycles. The minimum Gasteiger partial charge on any atom is -0.332 e. The van der Waals surface area contributed by atoms with E-state index in [2.05, 4.69) is 4.98 Å². The van der Waals surface area contributed by atoms with Gasteiger partial charge < -0.3 is 4.90 Å². The van der Waals surface area contributed by atoms with Crippen LogP contribution in [0.15, 0.2) is 48.8 Å². The number of carbonyl (C=O) groups excluding carboxylic acids is 1. The van der Waals surface area contributed by atoms with Gasteiger partial charge in [0, 0.05) is 24.5 Å². The second-order valence-corrected chi connectivity index (χ2v) is 6.22. The van der Waals surface area contributed by atoms with Crippen LogP contribution < -0.4 is 0 Å². The van der Waals surface area contributed by atoms with Crippen LogP contribution in [0.4, 0.5) is 13.2 Å². The molecule has 1 aromatic heterocycles. The van der Waals surface area contributed by atoms with Crippen LogP contribution in [0.25, 0.3) is 0 Å². The van der Waals surface area contributed by atoms with E-state index in [-0.39, 0.29) is 17.5 Å². The van der Waals surface area contributed by atoms with Gasteiger partial charge in [0.1, 0.15) is 0 Å². The quantitative estimate of drug-likeness (QED) is 0.777. The Labute approximate surface area is 144 Å². The molecule has 132 valence electrons. The van der Waals surface area contributed by atoms with Gasteiger partial charge in [0.05, 0.1) is 11.6 Å². The summed E-state index contributed by atoms with van der Waals surface area (Å²) in [6.07, 6.45) is 2.79. The third kappa shape index (κ3) is 4.00. The number of halogens is 3. The lowest BCUT2D eigenvalue weighted by Crippen LogP contribution is -2.34. The molecule has 1 atom stereocenters. The Bertz CT molecular complexity index is 714. The molecule has 3 nitrogen and oxygen atoms in total. The predicted octanol–water partition coefficient (Wildman–Crippen LogP) is 4.86. The van der Waals surface area contributed by atoms with Crippen molar-refractivity contribution in [1.29, 1.82) is 0 Å². The maximum Gasteiger partial charge on any atom is 0.416 e. The molecule has 6 heteroatoms. The number of hydrogen-bond donors (Lipinski definition) is 0. The second-order valence-electron chi connectivity index (χ2n) is 6.22. The number of likely N-dealkylation sites (tertiary alicyclic amines) is 1. The van der Waals surface area contributed by atoms with Crippen LogP contribution in [0, 0.1) is 0 Å². The molecule has 1 aromatic carbocycles. The number of aromatic nitrogens is 1. The molecule has 3 rings (SSSR count). The molecule has 0 unspecified atom stereocenters. The standard InChI is InChI=1S/C19H19F3N2O/c20-19(21,22)16-7-5-15(6-8-16)18(25)24-13-3-1-2-4-17(24)14-9-11-23-12-10-14/h5-12,17H,1-4,13H2/t17-/m1/s1. The minimum atomic E-state index is -4.40. The van der Waals surface area contributed by atoms with Crippen molar-refractivity contribution in [3.05, 3.63) is 65.5 Å². The number of alkyl halides is 3. The zero-order valence-electron chi connectivity index (χ0n) is 13.7. The van der Waals surface area contributed by atoms with Gasteiger partial charge in [0.2, 0.25) is 0 Å². The molecule has 2 aromatic rings. The van der Waals surface area contributed by atoms with E-state index in [4.69, 9.17) is 0 Å². The number of amides is 1. The molecular formula is C19H19F3N2O. The zero-order valence-corrected chi connectivity index (χ0v) is 13.7. The van der Waals surface area contributed by atoms with Crippen molar-refractivity contribution < 1.29 is 18.0 Å². The summed E-state index contributed by atoms with van der Waals surface area (Å²) in [5.74, 6) is -0.225. The molecule has 0 spiro atoms. The van der Waals surface area contributed by atoms with Gasteiger partial charge in [-0.3, -0.25) is 9.78 Å². The largest absolute Gasteiger partial charge is 0.416 e. The number of nitrogens with zero attached hydrogens (tertiary/aromatic N) is 2. The van der Waals surface area contributed by atoms with Gasteiger partial charge in [-0.2, -0.15) is 13.2 Å². The lowest BCUT2D eigenvalue weighted by Gasteiger charge is -2.30. The van der Waals surface area contributed by atoms with E-state index in [0.29, 0.717) is 6.54 Å². The van der Waals surface area contributed by atoms with Crippen LogP contribution in [0.3, 0.4) is 0 Å². The first-order chi connectivity index (χ1) is 12.0. The van der Waals surface area contributed by atoms with E-state index in [9.17, 15) is 18.0 Å². The van der Waals surface area contributed by atoms with Gasteiger partial charge in [0.15, 0.2) is 0 Å². The molecule has 0 aliphatic carbocycles. The summed E-state index contributed by atoms with van der Waals surface area (Å²) >= 11 is 0. The summed E-state index contributed by atoms with van der Waals surface area (Å²) in [5, 5.41) is 0. The first-order valence-electron chi connectivity index (χ1n) is 8.35. The SMILES string of the molecule is O=C(c1ccc(C(F)(F)F)cc1)N1CCCCC[C@@H]1c1ccncc1. The molecule has 1 aliphatic heterocycles. The summed E-state index contributed by atoms with van der Waals surface area (Å²) in [5.41, 5.74) is 0.553. The summed E-state index contributed by atoms with van der Waals surface area (Å²) in [6, 6.07) is 8.17. The average Bonchev–Trinajstić information content (AvgIpc) is 2.87. The molecule has 0 bridgehead atoms. The van der Waals surface area contributed by atoms with E-state index in [1.165, 1.54) is 12.1 Å². The number of carbonyl (C=O) groups is 1. The van der Waals surface area contributed by atoms with Gasteiger partial charge in [-0.15, -0.1) is 0 Å². The average molecular weight is 348 g/mol. The van der Waals surface area contributed by atoms with Gasteiger partial charge in [-0.05, 0) is 54.8 Å². The first kappa shape index (κ1) is 17.5. The third-order valence-electron chi connectivity index (χ3n) is 4.56. The number of hydrogen-bond acceptors (Lipinski definition) is 2. The summed E-state index contributed by atoms with van der Waals surface area (Å²) < 4.78 is 38.1. The van der Waals surface area contributed by atoms with Crippen LogP contribution >= 0.6 is 0 Å². The van der Waals surface area contributed by atoms with Crippen molar-refractivity contribution in [2.45, 2.75) is 37.9 Å². The summed E-state index contributed by atoms with van der Waals surface area (Å²) in [6.45, 7) is 0.604. The minimum absolute atomic E-state index is 0.0692. The van der Waals surface area contributed by atoms with Gasteiger partial charge in [-0.1, -0.05) is 12.8 Å². The molecule has 0 radical (unpaired) electrons. The zero-order chi connectivity index (χ0) is 17.9. The van der Waals surface area contributed by atoms with Crippen LogP contribution in [0.1, 0.15) is 53.2 Å². The Hall–Kier alpha value is -2.37. The van der Waals surface area contributed by atoms with Crippen molar-refractivity contribution in [3.63, 3.8) is 0 Å². The van der Waals surface area contributed by atoms with E-state index >= 15 is 0 Å². The molecular weight excluding hydrogens is 329 g/mol. The highest BCUT2D eigenvalue weighted by atomic mass is 19.4. The lowest BCUT2D eigenvalue weighted by molar-refractivity contribution is -0.137. The molecule has 25 heavy (non-hydrogen) atoms. The van der Waals surface area contributed by atoms with Crippen molar-refractivity contribution >= 4 is 5.91 Å². The first-order valence-corrected chi connectivity index (χ1v) is 8.35. The number of rotatable bonds is 2. The van der Waals surface area contributed by atoms with Crippen molar-refractivity contribution in [1.82, 2.24) is 9.88 Å². The normalized spacial score (nSPS) is 18.7. The van der Waals surface area contributed by atoms with E-state index < -0.39 is 11.7 Å². The van der Waals surface area contributed by atoms with Crippen LogP contribution in [0.2, 0.25) is 0 Å². The molecule has 1 fully saturated rings. The lowest BCUT2D eigenvalue weighted by atomic mass is 10.0. The van der Waals surface area contributed by atoms with Crippen LogP contribution in [0.5, 0.6) is 0 Å². The summed E-state index contributed by atoms with van der Waals surface area (Å²) in [4.78, 5) is 18.7. The van der Waals surface area contributed by atoms with E-state index in [1.807, 2.05) is 12.1 Å². The Morgan fingerprint density at radius 3 is 2.32 bits per heavy atom. The highest BCUT2D eigenvalue weighted by molar-refractivity contribution is 5.94. The Morgan fingerprint density at radius 1 is 1.00 bits per heavy atom. The van der Waals surface area contributed by atoms with Crippen molar-refractivity contribution in [2.24, 2.45) is 0 Å². The van der Waals surface area contributed by atoms with Crippen molar-refractivity contribution in [3.8, 4) is 0 Å². The van der Waals surface area contributed by atoms with Crippen molar-refractivity contribution in [2.75, 3.05) is 6.54 Å². The van der Waals surface area contributed by atoms with Crippen LogP contribution in [-0.4, -0.2) is 22.3 Å². The predicted molar refractivity (Wildman–Crippen MR) is 87.9 cm³/mol. The van der Waals surface area contributed by atoms with Gasteiger partial charge in [0.25, 0.3) is 5.91 Å². The summed E-state index contributed by atoms with van der Waals surface area (Å²) in [7, 11) is 0. The third-order valence-corrected chi connectivity index (χ3v) is 4.56. The Morgan fingerprint density at radius 2 is 1.68 bits per heavy atom. The highest BCUT2D eigenvalue weighted by Gasteiger charge is 2.31. The Balaban J connectivity index is 1.87. The second kappa shape index (κ2) is 7.25. The van der Waals surface area contributed by atoms with E-state index in [1.54, 1.807) is 17.3 Å². The maximum absolute atomic E-state index is 12.9. The molecule has 2 heterocycles. The fourth-order valence-corrected chi connectivity index (χ4v) is 3.25. The molecule has 1 amide bonds. The molecule has 0 N–H and O–H groups in total. The van der Waals surface area contributed by atoms with Gasteiger partial charge in [-0.25, -0.2) is 0 Å². The van der Waals surface area contributed by atoms with E-state index in [0.717, 1.165) is 43.4 Å².